The third kappa shape index (κ3) is 15.2. The number of aldehydes is 1. The molecule has 0 aliphatic heterocycles. The summed E-state index contributed by atoms with van der Waals surface area (Å²) in [6.07, 6.45) is 21.2. The standard InChI is InChI=1S/C19H34O/c1-3-4-13-16-19(2)17-14-11-9-7-5-6-8-10-12-15-18-20/h9,11,18H,2-8,10,12-17H2,1H3/b11-9-. The Morgan fingerprint density at radius 3 is 2.15 bits per heavy atom. The van der Waals surface area contributed by atoms with E-state index in [0.29, 0.717) is 0 Å². The topological polar surface area (TPSA) is 17.1 Å². The molecule has 0 aromatic heterocycles. The van der Waals surface area contributed by atoms with Crippen molar-refractivity contribution in [2.24, 2.45) is 0 Å². The van der Waals surface area contributed by atoms with E-state index < -0.39 is 0 Å². The smallest absolute Gasteiger partial charge is 0.119 e. The molecule has 0 fully saturated rings. The predicted molar refractivity (Wildman–Crippen MR) is 90.0 cm³/mol. The SMILES string of the molecule is C=C(CC/C=C\CCCCCCCC=O)CCCCC. The van der Waals surface area contributed by atoms with E-state index in [4.69, 9.17) is 0 Å². The van der Waals surface area contributed by atoms with Crippen LogP contribution < -0.4 is 0 Å². The van der Waals surface area contributed by atoms with E-state index in [2.05, 4.69) is 25.7 Å². The molecule has 0 bridgehead atoms. The fraction of sp³-hybridized carbons (Fsp3) is 0.737. The summed E-state index contributed by atoms with van der Waals surface area (Å²) in [7, 11) is 0. The fourth-order valence-electron chi connectivity index (χ4n) is 2.29. The first-order valence-electron chi connectivity index (χ1n) is 8.56. The highest BCUT2D eigenvalue weighted by molar-refractivity contribution is 5.48. The minimum absolute atomic E-state index is 0.738. The number of carbonyl (C=O) groups is 1. The monoisotopic (exact) mass is 278 g/mol. The molecule has 0 radical (unpaired) electrons. The maximum Gasteiger partial charge on any atom is 0.119 e. The van der Waals surface area contributed by atoms with E-state index in [1.807, 2.05) is 0 Å². The highest BCUT2D eigenvalue weighted by atomic mass is 16.1. The fourth-order valence-corrected chi connectivity index (χ4v) is 2.29. The number of allylic oxidation sites excluding steroid dienone is 3. The summed E-state index contributed by atoms with van der Waals surface area (Å²) in [4.78, 5) is 10.1. The lowest BCUT2D eigenvalue weighted by Crippen LogP contribution is -1.82. The average molecular weight is 278 g/mol. The van der Waals surface area contributed by atoms with Crippen molar-refractivity contribution in [3.63, 3.8) is 0 Å². The minimum Gasteiger partial charge on any atom is -0.303 e. The number of unbranched alkanes of at least 4 members (excludes halogenated alkanes) is 8. The van der Waals surface area contributed by atoms with Crippen LogP contribution in [0.1, 0.15) is 90.4 Å². The minimum atomic E-state index is 0.738. The Kier molecular flexibility index (Phi) is 15.5. The van der Waals surface area contributed by atoms with Gasteiger partial charge in [-0.3, -0.25) is 0 Å². The van der Waals surface area contributed by atoms with E-state index in [9.17, 15) is 4.79 Å². The van der Waals surface area contributed by atoms with Crippen molar-refractivity contribution in [3.05, 3.63) is 24.3 Å². The van der Waals surface area contributed by atoms with Gasteiger partial charge in [0.05, 0.1) is 0 Å². The Hall–Kier alpha value is -0.850. The molecule has 0 N–H and O–H groups in total. The van der Waals surface area contributed by atoms with E-state index in [0.717, 1.165) is 32.0 Å². The zero-order valence-corrected chi connectivity index (χ0v) is 13.5. The van der Waals surface area contributed by atoms with Gasteiger partial charge in [-0.05, 0) is 44.9 Å². The second kappa shape index (κ2) is 16.2. The van der Waals surface area contributed by atoms with E-state index in [-0.39, 0.29) is 0 Å². The quantitative estimate of drug-likeness (QED) is 0.193. The van der Waals surface area contributed by atoms with Crippen LogP contribution >= 0.6 is 0 Å². The van der Waals surface area contributed by atoms with Gasteiger partial charge in [0.2, 0.25) is 0 Å². The molecule has 0 rings (SSSR count). The largest absolute Gasteiger partial charge is 0.303 e. The van der Waals surface area contributed by atoms with Crippen molar-refractivity contribution >= 4 is 6.29 Å². The molecule has 0 amide bonds. The van der Waals surface area contributed by atoms with Crippen molar-refractivity contribution in [1.29, 1.82) is 0 Å². The Bertz CT molecular complexity index is 252. The Morgan fingerprint density at radius 1 is 0.800 bits per heavy atom. The molecule has 0 aromatic carbocycles. The second-order valence-electron chi connectivity index (χ2n) is 5.73. The van der Waals surface area contributed by atoms with Gasteiger partial charge in [0.25, 0.3) is 0 Å². The van der Waals surface area contributed by atoms with Gasteiger partial charge in [0.15, 0.2) is 0 Å². The molecule has 0 aromatic rings. The Morgan fingerprint density at radius 2 is 1.45 bits per heavy atom. The zero-order chi connectivity index (χ0) is 14.9. The lowest BCUT2D eigenvalue weighted by Gasteiger charge is -2.02. The highest BCUT2D eigenvalue weighted by Gasteiger charge is 1.93. The molecule has 0 saturated carbocycles. The van der Waals surface area contributed by atoms with Crippen LogP contribution in [0.5, 0.6) is 0 Å². The molecule has 0 unspecified atom stereocenters. The first-order valence-corrected chi connectivity index (χ1v) is 8.56. The zero-order valence-electron chi connectivity index (χ0n) is 13.5. The van der Waals surface area contributed by atoms with E-state index in [1.54, 1.807) is 0 Å². The summed E-state index contributed by atoms with van der Waals surface area (Å²) in [5, 5.41) is 0. The lowest BCUT2D eigenvalue weighted by atomic mass is 10.0. The normalized spacial score (nSPS) is 11.1. The molecule has 20 heavy (non-hydrogen) atoms. The first-order chi connectivity index (χ1) is 9.81. The van der Waals surface area contributed by atoms with Gasteiger partial charge < -0.3 is 4.79 Å². The summed E-state index contributed by atoms with van der Waals surface area (Å²) < 4.78 is 0. The molecule has 116 valence electrons. The van der Waals surface area contributed by atoms with Gasteiger partial charge in [0.1, 0.15) is 6.29 Å². The summed E-state index contributed by atoms with van der Waals surface area (Å²) >= 11 is 0. The second-order valence-corrected chi connectivity index (χ2v) is 5.73. The molecule has 0 heterocycles. The summed E-state index contributed by atoms with van der Waals surface area (Å²) in [5.74, 6) is 0. The third-order valence-corrected chi connectivity index (χ3v) is 3.66. The van der Waals surface area contributed by atoms with Crippen molar-refractivity contribution < 1.29 is 4.79 Å². The maximum atomic E-state index is 10.1. The van der Waals surface area contributed by atoms with Gasteiger partial charge in [-0.2, -0.15) is 0 Å². The molecule has 0 aliphatic rings. The number of rotatable bonds is 15. The number of hydrogen-bond acceptors (Lipinski definition) is 1. The predicted octanol–water partition coefficient (Wildman–Crippen LogP) is 6.39. The van der Waals surface area contributed by atoms with Crippen LogP contribution in [0.4, 0.5) is 0 Å². The van der Waals surface area contributed by atoms with Gasteiger partial charge in [0, 0.05) is 6.42 Å². The molecule has 0 aliphatic carbocycles. The van der Waals surface area contributed by atoms with Crippen LogP contribution in [-0.2, 0) is 4.79 Å². The lowest BCUT2D eigenvalue weighted by molar-refractivity contribution is -0.107. The number of carbonyl (C=O) groups excluding carboxylic acids is 1. The van der Waals surface area contributed by atoms with Crippen LogP contribution in [0.15, 0.2) is 24.3 Å². The molecule has 1 heteroatoms. The van der Waals surface area contributed by atoms with Crippen LogP contribution in [0.3, 0.4) is 0 Å². The van der Waals surface area contributed by atoms with E-state index in [1.165, 1.54) is 63.4 Å². The van der Waals surface area contributed by atoms with Crippen LogP contribution in [0.25, 0.3) is 0 Å². The van der Waals surface area contributed by atoms with Crippen molar-refractivity contribution in [1.82, 2.24) is 0 Å². The van der Waals surface area contributed by atoms with Crippen LogP contribution in [0, 0.1) is 0 Å². The van der Waals surface area contributed by atoms with Crippen molar-refractivity contribution in [2.75, 3.05) is 0 Å². The maximum absolute atomic E-state index is 10.1. The first kappa shape index (κ1) is 19.1. The van der Waals surface area contributed by atoms with Crippen molar-refractivity contribution in [3.8, 4) is 0 Å². The van der Waals surface area contributed by atoms with Gasteiger partial charge >= 0.3 is 0 Å². The third-order valence-electron chi connectivity index (χ3n) is 3.66. The summed E-state index contributed by atoms with van der Waals surface area (Å²) in [5.41, 5.74) is 1.42. The molecule has 1 nitrogen and oxygen atoms in total. The molecule has 0 saturated heterocycles. The van der Waals surface area contributed by atoms with Crippen LogP contribution in [0.2, 0.25) is 0 Å². The average Bonchev–Trinajstić information content (AvgIpc) is 2.45. The Balaban J connectivity index is 3.23. The van der Waals surface area contributed by atoms with Gasteiger partial charge in [-0.25, -0.2) is 0 Å². The van der Waals surface area contributed by atoms with E-state index >= 15 is 0 Å². The van der Waals surface area contributed by atoms with Gasteiger partial charge in [-0.1, -0.05) is 63.3 Å². The molecular formula is C19H34O. The molecular weight excluding hydrogens is 244 g/mol. The Labute approximate surface area is 126 Å². The molecule has 0 spiro atoms. The molecule has 0 atom stereocenters. The van der Waals surface area contributed by atoms with Gasteiger partial charge in [-0.15, -0.1) is 0 Å². The summed E-state index contributed by atoms with van der Waals surface area (Å²) in [6, 6.07) is 0. The van der Waals surface area contributed by atoms with Crippen molar-refractivity contribution in [2.45, 2.75) is 90.4 Å². The van der Waals surface area contributed by atoms with Crippen LogP contribution in [-0.4, -0.2) is 6.29 Å². The highest BCUT2D eigenvalue weighted by Crippen LogP contribution is 2.13. The number of hydrogen-bond donors (Lipinski definition) is 0. The summed E-state index contributed by atoms with van der Waals surface area (Å²) in [6.45, 7) is 6.39.